The van der Waals surface area contributed by atoms with Gasteiger partial charge in [0.25, 0.3) is 5.91 Å². The Hall–Kier alpha value is -2.18. The Bertz CT molecular complexity index is 1040. The molecule has 3 aromatic rings. The van der Waals surface area contributed by atoms with Gasteiger partial charge in [0, 0.05) is 37.5 Å². The molecule has 146 valence electrons. The highest BCUT2D eigenvalue weighted by molar-refractivity contribution is 7.18. The summed E-state index contributed by atoms with van der Waals surface area (Å²) < 4.78 is 0. The fourth-order valence-electron chi connectivity index (χ4n) is 3.58. The van der Waals surface area contributed by atoms with Gasteiger partial charge in [-0.2, -0.15) is 0 Å². The Morgan fingerprint density at radius 3 is 2.54 bits per heavy atom. The summed E-state index contributed by atoms with van der Waals surface area (Å²) in [6.07, 6.45) is 0.809. The normalized spacial score (nSPS) is 14.7. The van der Waals surface area contributed by atoms with Gasteiger partial charge in [-0.3, -0.25) is 4.79 Å². The molecule has 2 aromatic heterocycles. The van der Waals surface area contributed by atoms with Gasteiger partial charge in [-0.15, -0.1) is 11.3 Å². The Labute approximate surface area is 174 Å². The van der Waals surface area contributed by atoms with Crippen LogP contribution in [0.5, 0.6) is 0 Å². The van der Waals surface area contributed by atoms with Crippen molar-refractivity contribution < 1.29 is 4.79 Å². The number of hydrogen-bond acceptors (Lipinski definition) is 5. The second kappa shape index (κ2) is 7.68. The van der Waals surface area contributed by atoms with E-state index >= 15 is 0 Å². The lowest BCUT2D eigenvalue weighted by atomic mass is 10.1. The SMILES string of the molecule is CCc1nc(N2CCN(C(=O)c3ccccc3Cl)CC2)c2c(C)c(C)sc2n1. The zero-order valence-corrected chi connectivity index (χ0v) is 17.9. The Morgan fingerprint density at radius 1 is 1.14 bits per heavy atom. The minimum atomic E-state index is -0.00473. The molecule has 0 saturated carbocycles. The zero-order valence-electron chi connectivity index (χ0n) is 16.3. The van der Waals surface area contributed by atoms with Crippen LogP contribution in [-0.2, 0) is 6.42 Å². The maximum Gasteiger partial charge on any atom is 0.255 e. The van der Waals surface area contributed by atoms with Crippen LogP contribution in [0.1, 0.15) is 33.5 Å². The number of hydrogen-bond donors (Lipinski definition) is 0. The van der Waals surface area contributed by atoms with Gasteiger partial charge in [0.15, 0.2) is 0 Å². The van der Waals surface area contributed by atoms with Crippen molar-refractivity contribution in [3.8, 4) is 0 Å². The number of amides is 1. The number of thiophene rings is 1. The number of aromatic nitrogens is 2. The first kappa shape index (κ1) is 19.2. The third kappa shape index (κ3) is 3.35. The fourth-order valence-corrected chi connectivity index (χ4v) is 4.84. The number of carbonyl (C=O) groups is 1. The molecular weight excluding hydrogens is 392 g/mol. The van der Waals surface area contributed by atoms with Crippen molar-refractivity contribution in [1.29, 1.82) is 0 Å². The molecule has 7 heteroatoms. The molecule has 0 N–H and O–H groups in total. The maximum absolute atomic E-state index is 12.8. The van der Waals surface area contributed by atoms with E-state index in [0.717, 1.165) is 41.4 Å². The van der Waals surface area contributed by atoms with Gasteiger partial charge in [0.1, 0.15) is 16.5 Å². The van der Waals surface area contributed by atoms with Crippen LogP contribution >= 0.6 is 22.9 Å². The first-order valence-electron chi connectivity index (χ1n) is 9.55. The molecular formula is C21H23ClN4OS. The molecule has 1 aromatic carbocycles. The van der Waals surface area contributed by atoms with E-state index in [9.17, 15) is 4.79 Å². The number of halogens is 1. The van der Waals surface area contributed by atoms with E-state index in [2.05, 4.69) is 25.7 Å². The highest BCUT2D eigenvalue weighted by atomic mass is 35.5. The molecule has 5 nitrogen and oxygen atoms in total. The van der Waals surface area contributed by atoms with Crippen molar-refractivity contribution in [2.24, 2.45) is 0 Å². The zero-order chi connectivity index (χ0) is 19.8. The number of nitrogens with zero attached hydrogens (tertiary/aromatic N) is 4. The van der Waals surface area contributed by atoms with Gasteiger partial charge in [0.2, 0.25) is 0 Å². The molecule has 1 saturated heterocycles. The summed E-state index contributed by atoms with van der Waals surface area (Å²) in [5.74, 6) is 1.88. The molecule has 3 heterocycles. The largest absolute Gasteiger partial charge is 0.352 e. The van der Waals surface area contributed by atoms with E-state index in [1.807, 2.05) is 17.0 Å². The van der Waals surface area contributed by atoms with E-state index in [1.165, 1.54) is 10.4 Å². The predicted molar refractivity (Wildman–Crippen MR) is 116 cm³/mol. The summed E-state index contributed by atoms with van der Waals surface area (Å²) in [4.78, 5) is 28.9. The summed E-state index contributed by atoms with van der Waals surface area (Å²) >= 11 is 7.94. The monoisotopic (exact) mass is 414 g/mol. The number of benzene rings is 1. The lowest BCUT2D eigenvalue weighted by Gasteiger charge is -2.36. The Balaban J connectivity index is 1.59. The first-order chi connectivity index (χ1) is 13.5. The highest BCUT2D eigenvalue weighted by Gasteiger charge is 2.26. The van der Waals surface area contributed by atoms with Crippen LogP contribution in [0, 0.1) is 13.8 Å². The Kier molecular flexibility index (Phi) is 5.25. The molecule has 0 radical (unpaired) electrons. The van der Waals surface area contributed by atoms with Crippen molar-refractivity contribution in [2.75, 3.05) is 31.1 Å². The quantitative estimate of drug-likeness (QED) is 0.633. The predicted octanol–water partition coefficient (Wildman–Crippen LogP) is 4.49. The number of piperazine rings is 1. The second-order valence-corrected chi connectivity index (χ2v) is 8.65. The molecule has 1 aliphatic heterocycles. The van der Waals surface area contributed by atoms with E-state index in [4.69, 9.17) is 21.6 Å². The van der Waals surface area contributed by atoms with Crippen LogP contribution in [0.15, 0.2) is 24.3 Å². The summed E-state index contributed by atoms with van der Waals surface area (Å²) in [7, 11) is 0. The van der Waals surface area contributed by atoms with Crippen molar-refractivity contribution >= 4 is 44.9 Å². The Morgan fingerprint density at radius 2 is 1.86 bits per heavy atom. The maximum atomic E-state index is 12.8. The third-order valence-corrected chi connectivity index (χ3v) is 6.77. The van der Waals surface area contributed by atoms with E-state index < -0.39 is 0 Å². The highest BCUT2D eigenvalue weighted by Crippen LogP contribution is 2.35. The average molecular weight is 415 g/mol. The number of anilines is 1. The molecule has 0 bridgehead atoms. The average Bonchev–Trinajstić information content (AvgIpc) is 3.01. The standard InChI is InChI=1S/C21H23ClN4OS/c1-4-17-23-19(18-13(2)14(3)28-20(18)24-17)25-9-11-26(12-10-25)21(27)15-7-5-6-8-16(15)22/h5-8H,4,9-12H2,1-3H3. The molecule has 0 aliphatic carbocycles. The lowest BCUT2D eigenvalue weighted by Crippen LogP contribution is -2.49. The van der Waals surface area contributed by atoms with Crippen LogP contribution in [0.4, 0.5) is 5.82 Å². The van der Waals surface area contributed by atoms with Crippen molar-refractivity contribution in [2.45, 2.75) is 27.2 Å². The van der Waals surface area contributed by atoms with Gasteiger partial charge in [0.05, 0.1) is 16.0 Å². The van der Waals surface area contributed by atoms with Gasteiger partial charge in [-0.05, 0) is 31.5 Å². The molecule has 0 spiro atoms. The molecule has 0 atom stereocenters. The summed E-state index contributed by atoms with van der Waals surface area (Å²) in [5.41, 5.74) is 1.83. The number of aryl methyl sites for hydroxylation is 3. The van der Waals surface area contributed by atoms with Crippen molar-refractivity contribution in [3.05, 3.63) is 51.1 Å². The van der Waals surface area contributed by atoms with Crippen LogP contribution in [0.25, 0.3) is 10.2 Å². The topological polar surface area (TPSA) is 49.3 Å². The lowest BCUT2D eigenvalue weighted by molar-refractivity contribution is 0.0747. The summed E-state index contributed by atoms with van der Waals surface area (Å²) in [6.45, 7) is 9.16. The molecule has 1 fully saturated rings. The van der Waals surface area contributed by atoms with Crippen LogP contribution in [0.2, 0.25) is 5.02 Å². The van der Waals surface area contributed by atoms with Gasteiger partial charge in [-0.25, -0.2) is 9.97 Å². The number of carbonyl (C=O) groups excluding carboxylic acids is 1. The van der Waals surface area contributed by atoms with Crippen LogP contribution < -0.4 is 4.90 Å². The van der Waals surface area contributed by atoms with Crippen molar-refractivity contribution in [3.63, 3.8) is 0 Å². The minimum absolute atomic E-state index is 0.00473. The first-order valence-corrected chi connectivity index (χ1v) is 10.7. The van der Waals surface area contributed by atoms with Gasteiger partial charge in [-0.1, -0.05) is 30.7 Å². The fraction of sp³-hybridized carbons (Fsp3) is 0.381. The van der Waals surface area contributed by atoms with Crippen molar-refractivity contribution in [1.82, 2.24) is 14.9 Å². The minimum Gasteiger partial charge on any atom is -0.352 e. The molecule has 1 aliphatic rings. The second-order valence-electron chi connectivity index (χ2n) is 7.04. The summed E-state index contributed by atoms with van der Waals surface area (Å²) in [6, 6.07) is 7.24. The van der Waals surface area contributed by atoms with E-state index in [1.54, 1.807) is 23.5 Å². The van der Waals surface area contributed by atoms with Gasteiger partial charge >= 0.3 is 0 Å². The smallest absolute Gasteiger partial charge is 0.255 e. The summed E-state index contributed by atoms with van der Waals surface area (Å²) in [5, 5.41) is 1.66. The van der Waals surface area contributed by atoms with Crippen LogP contribution in [-0.4, -0.2) is 47.0 Å². The number of rotatable bonds is 3. The molecule has 28 heavy (non-hydrogen) atoms. The molecule has 1 amide bonds. The molecule has 4 rings (SSSR count). The van der Waals surface area contributed by atoms with E-state index in [0.29, 0.717) is 23.7 Å². The van der Waals surface area contributed by atoms with Crippen LogP contribution in [0.3, 0.4) is 0 Å². The number of fused-ring (bicyclic) bond motifs is 1. The molecule has 0 unspecified atom stereocenters. The third-order valence-electron chi connectivity index (χ3n) is 5.34. The van der Waals surface area contributed by atoms with Gasteiger partial charge < -0.3 is 9.80 Å². The van der Waals surface area contributed by atoms with E-state index in [-0.39, 0.29) is 5.91 Å².